The molecule has 0 saturated heterocycles. The van der Waals surface area contributed by atoms with Crippen LogP contribution in [-0.2, 0) is 16.6 Å². The maximum Gasteiger partial charge on any atom is 0.340 e. The molecule has 1 amide bonds. The lowest BCUT2D eigenvalue weighted by molar-refractivity contribution is -0.123. The van der Waals surface area contributed by atoms with E-state index in [1.807, 2.05) is 6.92 Å². The Labute approximate surface area is 142 Å². The Morgan fingerprint density at radius 1 is 1.35 bits per heavy atom. The Morgan fingerprint density at radius 3 is 2.61 bits per heavy atom. The van der Waals surface area contributed by atoms with E-state index in [4.69, 9.17) is 4.74 Å². The summed E-state index contributed by atoms with van der Waals surface area (Å²) in [7, 11) is 1.79. The van der Waals surface area contributed by atoms with Crippen LogP contribution in [0.3, 0.4) is 0 Å². The summed E-state index contributed by atoms with van der Waals surface area (Å²) < 4.78 is 7.51. The van der Waals surface area contributed by atoms with Gasteiger partial charge in [0.2, 0.25) is 0 Å². The van der Waals surface area contributed by atoms with Crippen molar-refractivity contribution < 1.29 is 14.3 Å². The van der Waals surface area contributed by atoms with Crippen molar-refractivity contribution in [2.75, 3.05) is 5.32 Å². The van der Waals surface area contributed by atoms with E-state index in [9.17, 15) is 9.59 Å². The topological polar surface area (TPSA) is 86.1 Å². The Kier molecular flexibility index (Phi) is 5.15. The van der Waals surface area contributed by atoms with E-state index in [2.05, 4.69) is 31.3 Å². The molecular formula is C15H17BrN4O3. The Bertz CT molecular complexity index is 757. The highest BCUT2D eigenvalue weighted by atomic mass is 79.9. The van der Waals surface area contributed by atoms with Crippen molar-refractivity contribution in [2.45, 2.75) is 26.9 Å². The van der Waals surface area contributed by atoms with E-state index in [-0.39, 0.29) is 5.56 Å². The van der Waals surface area contributed by atoms with Crippen molar-refractivity contribution in [3.8, 4) is 0 Å². The van der Waals surface area contributed by atoms with Gasteiger partial charge in [0, 0.05) is 23.9 Å². The molecular weight excluding hydrogens is 364 g/mol. The predicted molar refractivity (Wildman–Crippen MR) is 88.1 cm³/mol. The summed E-state index contributed by atoms with van der Waals surface area (Å²) >= 11 is 3.23. The van der Waals surface area contributed by atoms with Crippen molar-refractivity contribution in [3.05, 3.63) is 39.9 Å². The number of esters is 1. The predicted octanol–water partition coefficient (Wildman–Crippen LogP) is 2.38. The third kappa shape index (κ3) is 3.95. The average molecular weight is 381 g/mol. The smallest absolute Gasteiger partial charge is 0.340 e. The second kappa shape index (κ2) is 6.91. The van der Waals surface area contributed by atoms with Crippen molar-refractivity contribution in [2.24, 2.45) is 7.05 Å². The normalized spacial score (nSPS) is 11.9. The van der Waals surface area contributed by atoms with Gasteiger partial charge in [-0.3, -0.25) is 14.5 Å². The van der Waals surface area contributed by atoms with Crippen LogP contribution in [0.4, 0.5) is 5.69 Å². The summed E-state index contributed by atoms with van der Waals surface area (Å²) in [5.74, 6) is -1.03. The van der Waals surface area contributed by atoms with E-state index in [0.717, 1.165) is 5.69 Å². The van der Waals surface area contributed by atoms with Crippen LogP contribution in [0.15, 0.2) is 22.9 Å². The molecule has 0 aliphatic carbocycles. The van der Waals surface area contributed by atoms with E-state index in [1.54, 1.807) is 30.9 Å². The van der Waals surface area contributed by atoms with Gasteiger partial charge in [-0.2, -0.15) is 5.10 Å². The molecule has 2 aromatic rings. The summed E-state index contributed by atoms with van der Waals surface area (Å²) in [6.45, 7) is 5.16. The Hall–Kier alpha value is -2.22. The van der Waals surface area contributed by atoms with Crippen molar-refractivity contribution in [1.82, 2.24) is 14.8 Å². The number of halogens is 1. The third-order valence-electron chi connectivity index (χ3n) is 3.35. The lowest BCUT2D eigenvalue weighted by Crippen LogP contribution is -2.30. The molecule has 0 saturated carbocycles. The first-order chi connectivity index (χ1) is 10.8. The van der Waals surface area contributed by atoms with Crippen LogP contribution < -0.4 is 5.32 Å². The molecule has 1 atom stereocenters. The van der Waals surface area contributed by atoms with Crippen molar-refractivity contribution >= 4 is 33.5 Å². The van der Waals surface area contributed by atoms with Crippen LogP contribution in [0.25, 0.3) is 0 Å². The second-order valence-corrected chi connectivity index (χ2v) is 6.01. The van der Waals surface area contributed by atoms with Crippen molar-refractivity contribution in [3.63, 3.8) is 0 Å². The van der Waals surface area contributed by atoms with Gasteiger partial charge >= 0.3 is 5.97 Å². The number of hydrogen-bond donors (Lipinski definition) is 1. The quantitative estimate of drug-likeness (QED) is 0.822. The fourth-order valence-electron chi connectivity index (χ4n) is 1.98. The molecule has 0 unspecified atom stereocenters. The third-order valence-corrected chi connectivity index (χ3v) is 3.78. The molecule has 2 rings (SSSR count). The van der Waals surface area contributed by atoms with Crippen LogP contribution >= 0.6 is 15.9 Å². The number of nitrogens with zero attached hydrogens (tertiary/aromatic N) is 3. The Balaban J connectivity index is 2.04. The number of carbonyl (C=O) groups is 2. The van der Waals surface area contributed by atoms with Crippen LogP contribution in [-0.4, -0.2) is 32.7 Å². The van der Waals surface area contributed by atoms with Crippen LogP contribution in [0.1, 0.15) is 28.7 Å². The summed E-state index contributed by atoms with van der Waals surface area (Å²) in [6, 6.07) is 1.58. The average Bonchev–Trinajstić information content (AvgIpc) is 2.73. The SMILES string of the molecule is Cc1nn(C)c(C)c1NC(=O)[C@@H](C)OC(=O)c1cncc(Br)c1. The highest BCUT2D eigenvalue weighted by Gasteiger charge is 2.21. The minimum Gasteiger partial charge on any atom is -0.449 e. The van der Waals surface area contributed by atoms with Gasteiger partial charge in [-0.1, -0.05) is 0 Å². The van der Waals surface area contributed by atoms with E-state index < -0.39 is 18.0 Å². The molecule has 2 aromatic heterocycles. The number of rotatable bonds is 4. The number of anilines is 1. The van der Waals surface area contributed by atoms with E-state index in [0.29, 0.717) is 15.9 Å². The zero-order valence-electron chi connectivity index (χ0n) is 13.3. The minimum absolute atomic E-state index is 0.271. The monoisotopic (exact) mass is 380 g/mol. The van der Waals surface area contributed by atoms with Gasteiger partial charge in [-0.25, -0.2) is 4.79 Å². The Morgan fingerprint density at radius 2 is 2.04 bits per heavy atom. The molecule has 0 aliphatic rings. The standard InChI is InChI=1S/C15H17BrN4O3/c1-8-13(9(2)20(4)19-8)18-14(21)10(3)23-15(22)11-5-12(16)7-17-6-11/h5-7,10H,1-4H3,(H,18,21)/t10-/m1/s1. The molecule has 0 bridgehead atoms. The van der Waals surface area contributed by atoms with Crippen molar-refractivity contribution in [1.29, 1.82) is 0 Å². The first-order valence-corrected chi connectivity index (χ1v) is 7.71. The summed E-state index contributed by atoms with van der Waals surface area (Å²) in [4.78, 5) is 28.1. The molecule has 0 aliphatic heterocycles. The number of amides is 1. The van der Waals surface area contributed by atoms with Gasteiger partial charge in [0.15, 0.2) is 6.10 Å². The number of aryl methyl sites for hydroxylation is 2. The van der Waals surface area contributed by atoms with Gasteiger partial charge in [0.25, 0.3) is 5.91 Å². The van der Waals surface area contributed by atoms with Crippen LogP contribution in [0.2, 0.25) is 0 Å². The number of carbonyl (C=O) groups excluding carboxylic acids is 2. The second-order valence-electron chi connectivity index (χ2n) is 5.10. The van der Waals surface area contributed by atoms with Gasteiger partial charge in [0.05, 0.1) is 22.6 Å². The molecule has 23 heavy (non-hydrogen) atoms. The number of pyridine rings is 1. The maximum absolute atomic E-state index is 12.2. The lowest BCUT2D eigenvalue weighted by Gasteiger charge is -2.13. The molecule has 1 N–H and O–H groups in total. The molecule has 0 spiro atoms. The largest absolute Gasteiger partial charge is 0.449 e. The van der Waals surface area contributed by atoms with Gasteiger partial charge in [-0.05, 0) is 42.8 Å². The first kappa shape index (κ1) is 17.1. The van der Waals surface area contributed by atoms with E-state index in [1.165, 1.54) is 13.1 Å². The van der Waals surface area contributed by atoms with Gasteiger partial charge < -0.3 is 10.1 Å². The lowest BCUT2D eigenvalue weighted by atomic mass is 10.2. The first-order valence-electron chi connectivity index (χ1n) is 6.92. The summed E-state index contributed by atoms with van der Waals surface area (Å²) in [5.41, 5.74) is 2.43. The zero-order chi connectivity index (χ0) is 17.1. The molecule has 122 valence electrons. The minimum atomic E-state index is -0.944. The highest BCUT2D eigenvalue weighted by molar-refractivity contribution is 9.10. The molecule has 0 radical (unpaired) electrons. The zero-order valence-corrected chi connectivity index (χ0v) is 14.8. The van der Waals surface area contributed by atoms with Crippen LogP contribution in [0, 0.1) is 13.8 Å². The molecule has 0 fully saturated rings. The number of nitrogens with one attached hydrogen (secondary N) is 1. The van der Waals surface area contributed by atoms with E-state index >= 15 is 0 Å². The fraction of sp³-hybridized carbons (Fsp3) is 0.333. The number of aromatic nitrogens is 3. The molecule has 2 heterocycles. The van der Waals surface area contributed by atoms with Gasteiger partial charge in [0.1, 0.15) is 0 Å². The summed E-state index contributed by atoms with van der Waals surface area (Å²) in [5, 5.41) is 6.96. The number of ether oxygens (including phenoxy) is 1. The molecule has 8 heteroatoms. The highest BCUT2D eigenvalue weighted by Crippen LogP contribution is 2.19. The fourth-order valence-corrected chi connectivity index (χ4v) is 2.35. The van der Waals surface area contributed by atoms with Gasteiger partial charge in [-0.15, -0.1) is 0 Å². The molecule has 0 aromatic carbocycles. The van der Waals surface area contributed by atoms with Crippen LogP contribution in [0.5, 0.6) is 0 Å². The molecule has 7 nitrogen and oxygen atoms in total. The summed E-state index contributed by atoms with van der Waals surface area (Å²) in [6.07, 6.45) is 1.99. The number of hydrogen-bond acceptors (Lipinski definition) is 5. The maximum atomic E-state index is 12.2.